The van der Waals surface area contributed by atoms with Gasteiger partial charge in [0.05, 0.1) is 12.5 Å². The molecule has 0 aromatic carbocycles. The monoisotopic (exact) mass is 1290 g/mol. The molecule has 2 aliphatic rings. The minimum Gasteiger partial charge on any atom is -0.481 e. The SMILES string of the molecule is CC(C)C[C@H](NC(=O)[C@@H]1CCCN1C(=O)[C@@H](NC(=O)[C@@H]1CCCN1C(=O)[C@H](CCC(=O)O)NC(=O)[C@H](C)NC(=O)[C@H](C)NC(=O)[C@@H](N)CCC(=O)O)C(C)C)C(=O)N[C@H](C(=O)N[C@@H](CCCCN)C(=O)N[C@@H](CCC(N)=O)C(=O)N[C@@H](CC(=O)O)C(=O)O)C(C)C. The number of nitrogens with zero attached hydrogens (tertiary/aromatic N) is 2. The summed E-state index contributed by atoms with van der Waals surface area (Å²) < 4.78 is 0. The Morgan fingerprint density at radius 2 is 0.901 bits per heavy atom. The number of rotatable bonds is 40. The lowest BCUT2D eigenvalue weighted by Gasteiger charge is -2.33. The Bertz CT molecular complexity index is 2640. The van der Waals surface area contributed by atoms with Crippen molar-refractivity contribution in [2.45, 2.75) is 224 Å². The van der Waals surface area contributed by atoms with Crippen molar-refractivity contribution in [3.8, 4) is 0 Å². The quantitative estimate of drug-likeness (QED) is 0.0258. The number of likely N-dealkylation sites (tertiary alicyclic amines) is 2. The number of nitrogens with two attached hydrogens (primary N) is 3. The normalized spacial score (nSPS) is 17.9. The van der Waals surface area contributed by atoms with Gasteiger partial charge in [-0.05, 0) is 109 Å². The predicted octanol–water partition coefficient (Wildman–Crippen LogP) is -4.26. The molecule has 0 aromatic rings. The van der Waals surface area contributed by atoms with Crippen LogP contribution in [0.3, 0.4) is 0 Å². The maximum absolute atomic E-state index is 14.6. The van der Waals surface area contributed by atoms with Gasteiger partial charge in [0.25, 0.3) is 0 Å². The number of carbonyl (C=O) groups excluding carboxylic acids is 12. The van der Waals surface area contributed by atoms with Crippen molar-refractivity contribution in [3.63, 3.8) is 0 Å². The van der Waals surface area contributed by atoms with Gasteiger partial charge in [-0.2, -0.15) is 0 Å². The molecular weight excluding hydrogens is 1200 g/mol. The average Bonchev–Trinajstić information content (AvgIpc) is 1.80. The average molecular weight is 1300 g/mol. The van der Waals surface area contributed by atoms with Gasteiger partial charge < -0.3 is 95.3 Å². The van der Waals surface area contributed by atoms with E-state index in [0.29, 0.717) is 12.8 Å². The van der Waals surface area contributed by atoms with Gasteiger partial charge in [0.2, 0.25) is 70.9 Å². The predicted molar refractivity (Wildman–Crippen MR) is 320 cm³/mol. The van der Waals surface area contributed by atoms with E-state index in [1.165, 1.54) is 18.7 Å². The first-order valence-electron chi connectivity index (χ1n) is 30.5. The van der Waals surface area contributed by atoms with Gasteiger partial charge in [-0.3, -0.25) is 71.9 Å². The fourth-order valence-corrected chi connectivity index (χ4v) is 10.0. The first-order chi connectivity index (χ1) is 42.5. The van der Waals surface area contributed by atoms with Gasteiger partial charge in [0.1, 0.15) is 66.5 Å². The van der Waals surface area contributed by atoms with Crippen LogP contribution in [0.25, 0.3) is 0 Å². The summed E-state index contributed by atoms with van der Waals surface area (Å²) in [7, 11) is 0. The summed E-state index contributed by atoms with van der Waals surface area (Å²) in [5.41, 5.74) is 16.7. The second kappa shape index (κ2) is 38.2. The highest BCUT2D eigenvalue weighted by atomic mass is 16.4. The zero-order valence-corrected chi connectivity index (χ0v) is 52.8. The molecule has 512 valence electrons. The topological polar surface area (TPSA) is 547 Å². The highest BCUT2D eigenvalue weighted by Crippen LogP contribution is 2.24. The molecule has 2 fully saturated rings. The van der Waals surface area contributed by atoms with Gasteiger partial charge in [-0.25, -0.2) is 4.79 Å². The van der Waals surface area contributed by atoms with E-state index in [1.54, 1.807) is 41.5 Å². The van der Waals surface area contributed by atoms with Crippen LogP contribution in [0.1, 0.15) is 152 Å². The third-order valence-electron chi connectivity index (χ3n) is 15.2. The Balaban J connectivity index is 2.31. The Labute approximate surface area is 526 Å². The van der Waals surface area contributed by atoms with E-state index < -0.39 is 218 Å². The fraction of sp³-hybridized carbons (Fsp3) is 0.719. The van der Waals surface area contributed by atoms with E-state index in [4.69, 9.17) is 22.3 Å². The molecule has 0 radical (unpaired) electrons. The molecule has 34 nitrogen and oxygen atoms in total. The number of amides is 12. The zero-order chi connectivity index (χ0) is 69.1. The summed E-state index contributed by atoms with van der Waals surface area (Å²) in [4.78, 5) is 212. The van der Waals surface area contributed by atoms with Crippen LogP contribution in [-0.2, 0) is 76.7 Å². The van der Waals surface area contributed by atoms with Crippen LogP contribution < -0.4 is 65.1 Å². The summed E-state index contributed by atoms with van der Waals surface area (Å²) >= 11 is 0. The fourth-order valence-electron chi connectivity index (χ4n) is 10.0. The molecule has 12 atom stereocenters. The van der Waals surface area contributed by atoms with Crippen LogP contribution in [0.15, 0.2) is 0 Å². The largest absolute Gasteiger partial charge is 0.481 e. The number of carbonyl (C=O) groups is 16. The summed E-state index contributed by atoms with van der Waals surface area (Å²) in [6.45, 7) is 12.8. The number of carboxylic acids is 4. The van der Waals surface area contributed by atoms with Crippen molar-refractivity contribution in [3.05, 3.63) is 0 Å². The van der Waals surface area contributed by atoms with E-state index in [0.717, 1.165) is 4.90 Å². The lowest BCUT2D eigenvalue weighted by molar-refractivity contribution is -0.147. The second-order valence-electron chi connectivity index (χ2n) is 23.9. The molecule has 19 N–H and O–H groups in total. The van der Waals surface area contributed by atoms with E-state index in [9.17, 15) is 92.0 Å². The van der Waals surface area contributed by atoms with Crippen LogP contribution >= 0.6 is 0 Å². The van der Waals surface area contributed by atoms with Crippen LogP contribution in [-0.4, -0.2) is 217 Å². The Morgan fingerprint density at radius 1 is 0.451 bits per heavy atom. The Morgan fingerprint density at radius 3 is 1.40 bits per heavy atom. The van der Waals surface area contributed by atoms with E-state index in [-0.39, 0.29) is 70.5 Å². The summed E-state index contributed by atoms with van der Waals surface area (Å²) in [5, 5.41) is 59.4. The van der Waals surface area contributed by atoms with E-state index >= 15 is 0 Å². The Hall–Kier alpha value is -8.56. The van der Waals surface area contributed by atoms with Crippen molar-refractivity contribution < 1.29 is 97.1 Å². The highest BCUT2D eigenvalue weighted by Gasteiger charge is 2.44. The number of hydrogen-bond donors (Lipinski definition) is 16. The van der Waals surface area contributed by atoms with Crippen molar-refractivity contribution in [2.75, 3.05) is 19.6 Å². The number of aliphatic carboxylic acids is 4. The lowest BCUT2D eigenvalue weighted by Crippen LogP contribution is -2.61. The Kier molecular flexibility index (Phi) is 33.0. The summed E-state index contributed by atoms with van der Waals surface area (Å²) in [6.07, 6.45) is -2.12. The molecular formula is C57H94N14O20. The smallest absolute Gasteiger partial charge is 0.326 e. The zero-order valence-electron chi connectivity index (χ0n) is 52.8. The van der Waals surface area contributed by atoms with Crippen LogP contribution in [0.2, 0.25) is 0 Å². The third-order valence-corrected chi connectivity index (χ3v) is 15.2. The van der Waals surface area contributed by atoms with Crippen LogP contribution in [0.5, 0.6) is 0 Å². The molecule has 0 spiro atoms. The molecule has 2 heterocycles. The van der Waals surface area contributed by atoms with Gasteiger partial charge in [0, 0.05) is 32.4 Å². The minimum absolute atomic E-state index is 0.00869. The molecule has 2 saturated heterocycles. The first-order valence-corrected chi connectivity index (χ1v) is 30.5. The number of primary amides is 1. The maximum atomic E-state index is 14.6. The van der Waals surface area contributed by atoms with Gasteiger partial charge in [-0.1, -0.05) is 41.5 Å². The molecule has 0 bridgehead atoms. The summed E-state index contributed by atoms with van der Waals surface area (Å²) in [5.74, 6) is -17.6. The second-order valence-corrected chi connectivity index (χ2v) is 23.9. The number of hydrogen-bond acceptors (Lipinski definition) is 18. The highest BCUT2D eigenvalue weighted by molar-refractivity contribution is 6.00. The number of unbranched alkanes of at least 4 members (excludes halogenated alkanes) is 1. The van der Waals surface area contributed by atoms with Crippen molar-refractivity contribution in [1.82, 2.24) is 57.7 Å². The molecule has 0 unspecified atom stereocenters. The third kappa shape index (κ3) is 26.4. The van der Waals surface area contributed by atoms with E-state index in [1.807, 2.05) is 5.32 Å². The molecule has 2 aliphatic heterocycles. The number of carboxylic acid groups (broad SMARTS) is 4. The van der Waals surface area contributed by atoms with Gasteiger partial charge >= 0.3 is 23.9 Å². The van der Waals surface area contributed by atoms with Crippen LogP contribution in [0, 0.1) is 17.8 Å². The molecule has 0 aliphatic carbocycles. The first kappa shape index (κ1) is 78.5. The van der Waals surface area contributed by atoms with Crippen molar-refractivity contribution >= 4 is 94.8 Å². The number of nitrogens with one attached hydrogen (secondary N) is 9. The molecule has 12 amide bonds. The van der Waals surface area contributed by atoms with Crippen molar-refractivity contribution in [2.24, 2.45) is 35.0 Å². The molecule has 34 heteroatoms. The maximum Gasteiger partial charge on any atom is 0.326 e. The molecule has 0 saturated carbocycles. The standard InChI is InChI=1S/C57H94N14O20/c1-27(2)25-36(51(84)68-44(28(3)4)54(87)64-33(13-9-10-22-58)49(82)63-34(17-19-40(60)72)50(83)67-37(57(90)91)26-43(77)78)66-52(85)38-14-12-24-71(38)56(89)45(29(5)6)69-53(86)39-15-11-23-70(39)55(88)35(18-21-42(75)76)65-47(80)31(8)61-46(79)30(7)62-48(81)32(59)16-20-41(73)74/h27-39,44-45H,9-26,58-59H2,1-8H3,(H2,60,72)(H,61,79)(H,62,81)(H,63,82)(H,64,87)(H,65,80)(H,66,85)(H,67,83)(H,68,84)(H,69,86)(H,73,74)(H,75,76)(H,77,78)(H,90,91)/t30-,31-,32-,33-,34-,35-,36-,37-,38-,39-,44-,45-/m0/s1. The van der Waals surface area contributed by atoms with Gasteiger partial charge in [-0.15, -0.1) is 0 Å². The van der Waals surface area contributed by atoms with Crippen LogP contribution in [0.4, 0.5) is 0 Å². The van der Waals surface area contributed by atoms with Crippen molar-refractivity contribution in [1.29, 1.82) is 0 Å². The summed E-state index contributed by atoms with van der Waals surface area (Å²) in [6, 6.07) is -16.6. The minimum atomic E-state index is -1.92. The molecule has 2 rings (SSSR count). The van der Waals surface area contributed by atoms with Gasteiger partial charge in [0.15, 0.2) is 0 Å². The van der Waals surface area contributed by atoms with E-state index in [2.05, 4.69) is 42.5 Å². The molecule has 91 heavy (non-hydrogen) atoms. The molecule has 0 aromatic heterocycles. The lowest BCUT2D eigenvalue weighted by atomic mass is 9.98.